The first-order valence-corrected chi connectivity index (χ1v) is 6.67. The number of hydrogen-bond acceptors (Lipinski definition) is 5. The van der Waals surface area contributed by atoms with Gasteiger partial charge in [-0.15, -0.1) is 0 Å². The van der Waals surface area contributed by atoms with E-state index in [1.807, 2.05) is 6.92 Å². The van der Waals surface area contributed by atoms with Gasteiger partial charge < -0.3 is 18.9 Å². The van der Waals surface area contributed by atoms with E-state index in [0.29, 0.717) is 38.6 Å². The largest absolute Gasteiger partial charge is 0.460 e. The van der Waals surface area contributed by atoms with Crippen LogP contribution in [0, 0.1) is 0 Å². The van der Waals surface area contributed by atoms with Crippen LogP contribution in [-0.2, 0) is 23.7 Å². The first-order valence-electron chi connectivity index (χ1n) is 6.67. The van der Waals surface area contributed by atoms with Crippen molar-refractivity contribution in [2.45, 2.75) is 33.3 Å². The fourth-order valence-electron chi connectivity index (χ4n) is 1.06. The summed E-state index contributed by atoms with van der Waals surface area (Å²) in [7, 11) is 0. The van der Waals surface area contributed by atoms with Crippen LogP contribution in [0.15, 0.2) is 12.2 Å². The number of esters is 1. The van der Waals surface area contributed by atoms with Crippen LogP contribution in [0.3, 0.4) is 0 Å². The third kappa shape index (κ3) is 11.9. The van der Waals surface area contributed by atoms with Crippen LogP contribution >= 0.6 is 0 Å². The first kappa shape index (κ1) is 18.1. The van der Waals surface area contributed by atoms with Gasteiger partial charge >= 0.3 is 5.97 Å². The molecule has 0 N–H and O–H groups in total. The molecule has 0 aliphatic heterocycles. The Hall–Kier alpha value is -0.910. The van der Waals surface area contributed by atoms with Gasteiger partial charge in [0.25, 0.3) is 0 Å². The van der Waals surface area contributed by atoms with Crippen molar-refractivity contribution in [1.82, 2.24) is 0 Å². The van der Waals surface area contributed by atoms with Crippen molar-refractivity contribution in [3.8, 4) is 0 Å². The van der Waals surface area contributed by atoms with Crippen molar-refractivity contribution in [3.05, 3.63) is 12.2 Å². The van der Waals surface area contributed by atoms with Crippen LogP contribution in [0.25, 0.3) is 0 Å². The Balaban J connectivity index is 3.15. The summed E-state index contributed by atoms with van der Waals surface area (Å²) >= 11 is 0. The van der Waals surface area contributed by atoms with Crippen molar-refractivity contribution in [3.63, 3.8) is 0 Å². The Bertz CT molecular complexity index is 252. The summed E-state index contributed by atoms with van der Waals surface area (Å²) in [6.45, 7) is 12.0. The van der Waals surface area contributed by atoms with Crippen LogP contribution in [0.1, 0.15) is 27.2 Å². The second kappa shape index (κ2) is 12.1. The molecule has 0 amide bonds. The maximum atomic E-state index is 11.0. The second-order valence-corrected chi connectivity index (χ2v) is 4.23. The molecule has 0 spiro atoms. The van der Waals surface area contributed by atoms with E-state index in [1.54, 1.807) is 6.92 Å². The smallest absolute Gasteiger partial charge is 0.333 e. The monoisotopic (exact) mass is 274 g/mol. The lowest BCUT2D eigenvalue weighted by Crippen LogP contribution is -2.15. The minimum absolute atomic E-state index is 0.239. The van der Waals surface area contributed by atoms with Crippen molar-refractivity contribution >= 4 is 5.97 Å². The molecule has 0 aromatic rings. The molecular weight excluding hydrogens is 248 g/mol. The highest BCUT2D eigenvalue weighted by Crippen LogP contribution is 1.95. The van der Waals surface area contributed by atoms with Crippen molar-refractivity contribution < 1.29 is 23.7 Å². The van der Waals surface area contributed by atoms with E-state index in [9.17, 15) is 4.79 Å². The molecule has 0 rings (SSSR count). The quantitative estimate of drug-likeness (QED) is 0.309. The lowest BCUT2D eigenvalue weighted by Gasteiger charge is -2.10. The minimum Gasteiger partial charge on any atom is -0.460 e. The Morgan fingerprint density at radius 2 is 1.58 bits per heavy atom. The second-order valence-electron chi connectivity index (χ2n) is 4.23. The van der Waals surface area contributed by atoms with Crippen molar-refractivity contribution in [2.24, 2.45) is 0 Å². The summed E-state index contributed by atoms with van der Waals surface area (Å²) in [6.07, 6.45) is 1.29. The molecule has 5 heteroatoms. The maximum absolute atomic E-state index is 11.0. The molecule has 0 saturated heterocycles. The van der Waals surface area contributed by atoms with Gasteiger partial charge in [-0.1, -0.05) is 13.5 Å². The zero-order chi connectivity index (χ0) is 14.5. The van der Waals surface area contributed by atoms with E-state index in [4.69, 9.17) is 18.9 Å². The number of hydrogen-bond donors (Lipinski definition) is 0. The van der Waals surface area contributed by atoms with Crippen LogP contribution in [0.2, 0.25) is 0 Å². The van der Waals surface area contributed by atoms with E-state index in [-0.39, 0.29) is 18.7 Å². The molecule has 0 aliphatic rings. The average Bonchev–Trinajstić information content (AvgIpc) is 2.39. The Labute approximate surface area is 115 Å². The summed E-state index contributed by atoms with van der Waals surface area (Å²) in [5.74, 6) is -0.387. The van der Waals surface area contributed by atoms with Gasteiger partial charge in [0, 0.05) is 5.57 Å². The highest BCUT2D eigenvalue weighted by molar-refractivity contribution is 5.86. The summed E-state index contributed by atoms with van der Waals surface area (Å²) < 4.78 is 20.9. The molecule has 112 valence electrons. The molecule has 0 fully saturated rings. The highest BCUT2D eigenvalue weighted by Gasteiger charge is 2.01. The molecule has 0 radical (unpaired) electrons. The molecule has 0 saturated carbocycles. The molecule has 0 heterocycles. The molecule has 0 bridgehead atoms. The van der Waals surface area contributed by atoms with Gasteiger partial charge in [-0.05, 0) is 20.3 Å². The van der Waals surface area contributed by atoms with Crippen LogP contribution in [0.5, 0.6) is 0 Å². The van der Waals surface area contributed by atoms with Gasteiger partial charge in [-0.2, -0.15) is 0 Å². The van der Waals surface area contributed by atoms with E-state index in [1.165, 1.54) is 0 Å². The molecule has 0 aromatic carbocycles. The minimum atomic E-state index is -0.387. The molecule has 0 aliphatic carbocycles. The molecule has 5 nitrogen and oxygen atoms in total. The number of ether oxygens (including phenoxy) is 4. The van der Waals surface area contributed by atoms with Gasteiger partial charge in [0.05, 0.1) is 39.1 Å². The lowest BCUT2D eigenvalue weighted by atomic mass is 10.3. The Morgan fingerprint density at radius 3 is 2.11 bits per heavy atom. The zero-order valence-corrected chi connectivity index (χ0v) is 12.3. The van der Waals surface area contributed by atoms with E-state index in [0.717, 1.165) is 6.42 Å². The summed E-state index contributed by atoms with van der Waals surface area (Å²) in [5, 5.41) is 0. The molecule has 1 atom stereocenters. The SMILES string of the molecule is C=C(C)C(=O)OCCOCCOCCOC(C)CC. The normalized spacial score (nSPS) is 12.2. The zero-order valence-electron chi connectivity index (χ0n) is 12.3. The van der Waals surface area contributed by atoms with Crippen LogP contribution < -0.4 is 0 Å². The van der Waals surface area contributed by atoms with Crippen molar-refractivity contribution in [2.75, 3.05) is 39.6 Å². The Kier molecular flexibility index (Phi) is 11.6. The summed E-state index contributed by atoms with van der Waals surface area (Å²) in [5.41, 5.74) is 0.393. The molecule has 1 unspecified atom stereocenters. The third-order valence-electron chi connectivity index (χ3n) is 2.39. The number of carbonyl (C=O) groups is 1. The van der Waals surface area contributed by atoms with Crippen LogP contribution in [-0.4, -0.2) is 51.7 Å². The summed E-state index contributed by atoms with van der Waals surface area (Å²) in [6, 6.07) is 0. The Morgan fingerprint density at radius 1 is 1.05 bits per heavy atom. The van der Waals surface area contributed by atoms with Crippen LogP contribution in [0.4, 0.5) is 0 Å². The fourth-order valence-corrected chi connectivity index (χ4v) is 1.06. The van der Waals surface area contributed by atoms with Gasteiger partial charge in [0.15, 0.2) is 0 Å². The van der Waals surface area contributed by atoms with Gasteiger partial charge in [0.2, 0.25) is 0 Å². The number of rotatable bonds is 12. The summed E-state index contributed by atoms with van der Waals surface area (Å²) in [4.78, 5) is 11.0. The third-order valence-corrected chi connectivity index (χ3v) is 2.39. The first-order chi connectivity index (χ1) is 9.07. The predicted octanol–water partition coefficient (Wildman–Crippen LogP) is 1.95. The maximum Gasteiger partial charge on any atom is 0.333 e. The molecule has 19 heavy (non-hydrogen) atoms. The van der Waals surface area contributed by atoms with E-state index < -0.39 is 0 Å². The standard InChI is InChI=1S/C14H26O5/c1-5-13(4)18-10-8-16-6-7-17-9-11-19-14(15)12(2)3/h13H,2,5-11H2,1,3-4H3. The average molecular weight is 274 g/mol. The molecular formula is C14H26O5. The highest BCUT2D eigenvalue weighted by atomic mass is 16.6. The van der Waals surface area contributed by atoms with Gasteiger partial charge in [0.1, 0.15) is 6.61 Å². The van der Waals surface area contributed by atoms with E-state index >= 15 is 0 Å². The molecule has 0 aromatic heterocycles. The van der Waals surface area contributed by atoms with Gasteiger partial charge in [-0.3, -0.25) is 0 Å². The fraction of sp³-hybridized carbons (Fsp3) is 0.786. The topological polar surface area (TPSA) is 54.0 Å². The van der Waals surface area contributed by atoms with Crippen molar-refractivity contribution in [1.29, 1.82) is 0 Å². The number of carbonyl (C=O) groups excluding carboxylic acids is 1. The predicted molar refractivity (Wildman–Crippen MR) is 73.1 cm³/mol. The lowest BCUT2D eigenvalue weighted by molar-refractivity contribution is -0.140. The van der Waals surface area contributed by atoms with Gasteiger partial charge in [-0.25, -0.2) is 4.79 Å². The van der Waals surface area contributed by atoms with E-state index in [2.05, 4.69) is 13.5 Å².